The Balaban J connectivity index is 1.43. The molecule has 8 heteroatoms. The molecule has 8 rings (SSSR count). The number of aromatic nitrogens is 8. The number of hydrogen-bond acceptors (Lipinski definition) is 8. The van der Waals surface area contributed by atoms with Gasteiger partial charge in [0.15, 0.2) is 0 Å². The third-order valence-electron chi connectivity index (χ3n) is 7.75. The Morgan fingerprint density at radius 2 is 0.646 bits per heavy atom. The molecule has 226 valence electrons. The number of rotatable bonds is 7. The molecule has 0 aliphatic heterocycles. The molecule has 8 aromatic rings. The molecule has 0 aliphatic carbocycles. The summed E-state index contributed by atoms with van der Waals surface area (Å²) in [4.78, 5) is 39.0. The van der Waals surface area contributed by atoms with E-state index in [-0.39, 0.29) is 0 Å². The third kappa shape index (κ3) is 5.81. The van der Waals surface area contributed by atoms with Gasteiger partial charge in [-0.15, -0.1) is 0 Å². The van der Waals surface area contributed by atoms with Gasteiger partial charge in [-0.05, 0) is 91.0 Å². The van der Waals surface area contributed by atoms with Crippen molar-refractivity contribution >= 4 is 0 Å². The molecule has 48 heavy (non-hydrogen) atoms. The molecule has 8 heterocycles. The predicted octanol–water partition coefficient (Wildman–Crippen LogP) is 8.52. The van der Waals surface area contributed by atoms with Crippen molar-refractivity contribution in [2.75, 3.05) is 0 Å². The van der Waals surface area contributed by atoms with E-state index in [4.69, 9.17) is 19.9 Å². The van der Waals surface area contributed by atoms with Crippen LogP contribution in [0.5, 0.6) is 0 Å². The van der Waals surface area contributed by atoms with Crippen molar-refractivity contribution in [2.45, 2.75) is 0 Å². The van der Waals surface area contributed by atoms with Gasteiger partial charge in [-0.3, -0.25) is 19.9 Å². The Kier molecular flexibility index (Phi) is 7.70. The minimum Gasteiger partial charge on any atom is -0.255 e. The molecule has 0 bridgehead atoms. The lowest BCUT2D eigenvalue weighted by atomic mass is 9.95. The molecule has 8 aromatic heterocycles. The Labute approximate surface area is 277 Å². The molecule has 0 spiro atoms. The van der Waals surface area contributed by atoms with Crippen LogP contribution in [0.4, 0.5) is 0 Å². The van der Waals surface area contributed by atoms with E-state index in [0.29, 0.717) is 22.8 Å². The van der Waals surface area contributed by atoms with Crippen LogP contribution in [-0.4, -0.2) is 39.9 Å². The van der Waals surface area contributed by atoms with E-state index in [9.17, 15) is 0 Å². The highest BCUT2D eigenvalue weighted by Crippen LogP contribution is 2.40. The first-order valence-electron chi connectivity index (χ1n) is 15.4. The zero-order valence-corrected chi connectivity index (χ0v) is 25.6. The number of pyridine rings is 8. The Morgan fingerprint density at radius 3 is 1.12 bits per heavy atom. The maximum absolute atomic E-state index is 5.25. The molecule has 8 nitrogen and oxygen atoms in total. The van der Waals surface area contributed by atoms with Gasteiger partial charge in [0.25, 0.3) is 0 Å². The summed E-state index contributed by atoms with van der Waals surface area (Å²) in [5, 5.41) is 0. The quantitative estimate of drug-likeness (QED) is 0.175. The molecular formula is C40H26N8. The van der Waals surface area contributed by atoms with Crippen molar-refractivity contribution in [2.24, 2.45) is 0 Å². The Bertz CT molecular complexity index is 2230. The molecule has 0 amide bonds. The van der Waals surface area contributed by atoms with Crippen molar-refractivity contribution in [3.63, 3.8) is 0 Å². The first-order chi connectivity index (χ1) is 23.8. The maximum atomic E-state index is 5.25. The van der Waals surface area contributed by atoms with Crippen molar-refractivity contribution in [3.05, 3.63) is 158 Å². The molecule has 0 aliphatic rings. The molecule has 0 fully saturated rings. The van der Waals surface area contributed by atoms with E-state index in [1.165, 1.54) is 0 Å². The highest BCUT2D eigenvalue weighted by Gasteiger charge is 2.23. The highest BCUT2D eigenvalue weighted by molar-refractivity contribution is 5.93. The zero-order chi connectivity index (χ0) is 32.1. The van der Waals surface area contributed by atoms with Crippen LogP contribution in [0.3, 0.4) is 0 Å². The van der Waals surface area contributed by atoms with Gasteiger partial charge in [-0.2, -0.15) is 0 Å². The van der Waals surface area contributed by atoms with Crippen molar-refractivity contribution in [3.8, 4) is 79.5 Å². The SMILES string of the molecule is c1ccc(-c2cccc(-c3cc(-c4ccccn4)nc(-c4cccc(-c5ccccn5)n4)c3-c3cccc(-c4ccccn4)n3)n2)nc1. The topological polar surface area (TPSA) is 103 Å². The minimum absolute atomic E-state index is 0.640. The van der Waals surface area contributed by atoms with E-state index in [2.05, 4.69) is 19.9 Å². The molecule has 0 saturated heterocycles. The molecule has 0 radical (unpaired) electrons. The van der Waals surface area contributed by atoms with Crippen molar-refractivity contribution < 1.29 is 0 Å². The lowest BCUT2D eigenvalue weighted by Crippen LogP contribution is -2.02. The summed E-state index contributed by atoms with van der Waals surface area (Å²) in [5.74, 6) is 0. The first kappa shape index (κ1) is 28.7. The van der Waals surface area contributed by atoms with Gasteiger partial charge >= 0.3 is 0 Å². The summed E-state index contributed by atoms with van der Waals surface area (Å²) in [5.41, 5.74) is 10.3. The van der Waals surface area contributed by atoms with Crippen LogP contribution < -0.4 is 0 Å². The van der Waals surface area contributed by atoms with Crippen LogP contribution in [-0.2, 0) is 0 Å². The second-order valence-corrected chi connectivity index (χ2v) is 10.9. The molecular weight excluding hydrogens is 592 g/mol. The predicted molar refractivity (Wildman–Crippen MR) is 187 cm³/mol. The second-order valence-electron chi connectivity index (χ2n) is 10.9. The monoisotopic (exact) mass is 618 g/mol. The van der Waals surface area contributed by atoms with Gasteiger partial charge in [0.1, 0.15) is 0 Å². The van der Waals surface area contributed by atoms with Crippen LogP contribution in [0.1, 0.15) is 0 Å². The van der Waals surface area contributed by atoms with Crippen LogP contribution >= 0.6 is 0 Å². The summed E-state index contributed by atoms with van der Waals surface area (Å²) in [6, 6.07) is 43.0. The van der Waals surface area contributed by atoms with E-state index >= 15 is 0 Å². The molecule has 0 unspecified atom stereocenters. The van der Waals surface area contributed by atoms with Gasteiger partial charge in [0, 0.05) is 35.9 Å². The standard InChI is InChI=1S/C40H26N8/c1-5-22-41-29(12-1)33-17-9-16-28(45-33)27-26-38(32-15-4-8-25-44-32)48-40(37-21-11-19-35(47-37)31-14-3-7-24-43-31)39(27)36-20-10-18-34(46-36)30-13-2-6-23-42-30/h1-26H. The minimum atomic E-state index is 0.640. The van der Waals surface area contributed by atoms with E-state index < -0.39 is 0 Å². The molecule has 0 atom stereocenters. The molecule has 0 saturated carbocycles. The molecule has 0 aromatic carbocycles. The van der Waals surface area contributed by atoms with Crippen LogP contribution in [0, 0.1) is 0 Å². The fraction of sp³-hybridized carbons (Fsp3) is 0. The zero-order valence-electron chi connectivity index (χ0n) is 25.6. The lowest BCUT2D eigenvalue weighted by molar-refractivity contribution is 1.19. The Morgan fingerprint density at radius 1 is 0.271 bits per heavy atom. The summed E-state index contributed by atoms with van der Waals surface area (Å²) in [6.07, 6.45) is 7.07. The van der Waals surface area contributed by atoms with Crippen LogP contribution in [0.2, 0.25) is 0 Å². The van der Waals surface area contributed by atoms with E-state index in [1.54, 1.807) is 24.8 Å². The average Bonchev–Trinajstić information content (AvgIpc) is 3.19. The van der Waals surface area contributed by atoms with Crippen LogP contribution in [0.15, 0.2) is 158 Å². The maximum Gasteiger partial charge on any atom is 0.0995 e. The van der Waals surface area contributed by atoms with Crippen LogP contribution in [0.25, 0.3) is 79.5 Å². The summed E-state index contributed by atoms with van der Waals surface area (Å²) in [7, 11) is 0. The highest BCUT2D eigenvalue weighted by atomic mass is 14.9. The Hall–Kier alpha value is -6.80. The summed E-state index contributed by atoms with van der Waals surface area (Å²) in [6.45, 7) is 0. The fourth-order valence-corrected chi connectivity index (χ4v) is 5.53. The van der Waals surface area contributed by atoms with Gasteiger partial charge in [-0.25, -0.2) is 19.9 Å². The number of hydrogen-bond donors (Lipinski definition) is 0. The van der Waals surface area contributed by atoms with E-state index in [1.807, 2.05) is 133 Å². The number of nitrogens with zero attached hydrogens (tertiary/aromatic N) is 8. The smallest absolute Gasteiger partial charge is 0.0995 e. The molecule has 0 N–H and O–H groups in total. The van der Waals surface area contributed by atoms with Gasteiger partial charge in [-0.1, -0.05) is 42.5 Å². The third-order valence-corrected chi connectivity index (χ3v) is 7.75. The van der Waals surface area contributed by atoms with E-state index in [0.717, 1.165) is 56.7 Å². The van der Waals surface area contributed by atoms with Gasteiger partial charge in [0.05, 0.1) is 68.3 Å². The van der Waals surface area contributed by atoms with Crippen molar-refractivity contribution in [1.82, 2.24) is 39.9 Å². The first-order valence-corrected chi connectivity index (χ1v) is 15.4. The summed E-state index contributed by atoms with van der Waals surface area (Å²) >= 11 is 0. The lowest BCUT2D eigenvalue weighted by Gasteiger charge is -2.17. The normalized spacial score (nSPS) is 10.9. The van der Waals surface area contributed by atoms with Crippen molar-refractivity contribution in [1.29, 1.82) is 0 Å². The van der Waals surface area contributed by atoms with Gasteiger partial charge in [0.2, 0.25) is 0 Å². The second kappa shape index (κ2) is 12.9. The fourth-order valence-electron chi connectivity index (χ4n) is 5.53. The average molecular weight is 619 g/mol. The summed E-state index contributed by atoms with van der Waals surface area (Å²) < 4.78 is 0. The largest absolute Gasteiger partial charge is 0.255 e. The van der Waals surface area contributed by atoms with Gasteiger partial charge < -0.3 is 0 Å².